The number of rotatable bonds is 4. The van der Waals surface area contributed by atoms with Crippen molar-refractivity contribution in [2.24, 2.45) is 11.7 Å². The molecule has 2 N–H and O–H groups in total. The van der Waals surface area contributed by atoms with Crippen LogP contribution in [-0.4, -0.2) is 30.5 Å². The normalized spacial score (nSPS) is 30.4. The van der Waals surface area contributed by atoms with E-state index in [1.165, 1.54) is 0 Å². The van der Waals surface area contributed by atoms with Gasteiger partial charge < -0.3 is 15.2 Å². The number of hydrogen-bond acceptors (Lipinski definition) is 3. The quantitative estimate of drug-likeness (QED) is 0.779. The van der Waals surface area contributed by atoms with Crippen molar-refractivity contribution in [3.63, 3.8) is 0 Å². The second kappa shape index (κ2) is 4.40. The first-order valence-electron chi connectivity index (χ1n) is 5.82. The SMILES string of the molecule is CCOCC(N)C1CC(C)(C)OC1(C)C. The van der Waals surface area contributed by atoms with Gasteiger partial charge in [-0.05, 0) is 41.0 Å². The molecule has 0 saturated carbocycles. The molecule has 15 heavy (non-hydrogen) atoms. The van der Waals surface area contributed by atoms with E-state index in [0.29, 0.717) is 12.5 Å². The molecule has 0 bridgehead atoms. The van der Waals surface area contributed by atoms with E-state index < -0.39 is 0 Å². The maximum Gasteiger partial charge on any atom is 0.0678 e. The summed E-state index contributed by atoms with van der Waals surface area (Å²) in [7, 11) is 0. The molecule has 0 aromatic heterocycles. The molecule has 3 heteroatoms. The van der Waals surface area contributed by atoms with Gasteiger partial charge in [-0.25, -0.2) is 0 Å². The third-order valence-corrected chi connectivity index (χ3v) is 3.18. The summed E-state index contributed by atoms with van der Waals surface area (Å²) in [5, 5.41) is 0. The molecular formula is C12H25NO2. The average Bonchev–Trinajstić information content (AvgIpc) is 2.30. The topological polar surface area (TPSA) is 44.5 Å². The maximum absolute atomic E-state index is 6.16. The highest BCUT2D eigenvalue weighted by molar-refractivity contribution is 4.98. The van der Waals surface area contributed by atoms with Crippen LogP contribution in [0.5, 0.6) is 0 Å². The smallest absolute Gasteiger partial charge is 0.0678 e. The van der Waals surface area contributed by atoms with E-state index in [4.69, 9.17) is 15.2 Å². The summed E-state index contributed by atoms with van der Waals surface area (Å²) in [6.45, 7) is 11.9. The van der Waals surface area contributed by atoms with Gasteiger partial charge in [0.2, 0.25) is 0 Å². The lowest BCUT2D eigenvalue weighted by atomic mass is 9.82. The monoisotopic (exact) mass is 215 g/mol. The van der Waals surface area contributed by atoms with Gasteiger partial charge in [-0.15, -0.1) is 0 Å². The van der Waals surface area contributed by atoms with Gasteiger partial charge in [-0.3, -0.25) is 0 Å². The summed E-state index contributed by atoms with van der Waals surface area (Å²) in [5.41, 5.74) is 5.96. The summed E-state index contributed by atoms with van der Waals surface area (Å²) in [5.74, 6) is 0.374. The van der Waals surface area contributed by atoms with Crippen molar-refractivity contribution < 1.29 is 9.47 Å². The lowest BCUT2D eigenvalue weighted by Gasteiger charge is -2.30. The zero-order valence-electron chi connectivity index (χ0n) is 10.7. The molecular weight excluding hydrogens is 190 g/mol. The Labute approximate surface area is 93.3 Å². The van der Waals surface area contributed by atoms with Crippen molar-refractivity contribution in [1.29, 1.82) is 0 Å². The third kappa shape index (κ3) is 3.16. The number of nitrogens with two attached hydrogens (primary N) is 1. The van der Waals surface area contributed by atoms with Crippen molar-refractivity contribution in [3.05, 3.63) is 0 Å². The Hall–Kier alpha value is -0.120. The highest BCUT2D eigenvalue weighted by Gasteiger charge is 2.48. The molecule has 1 saturated heterocycles. The molecule has 0 aromatic rings. The van der Waals surface area contributed by atoms with Crippen molar-refractivity contribution in [2.75, 3.05) is 13.2 Å². The number of ether oxygens (including phenoxy) is 2. The predicted octanol–water partition coefficient (Wildman–Crippen LogP) is 1.94. The summed E-state index contributed by atoms with van der Waals surface area (Å²) in [6.07, 6.45) is 1.01. The van der Waals surface area contributed by atoms with Crippen LogP contribution in [0.1, 0.15) is 41.0 Å². The van der Waals surface area contributed by atoms with Gasteiger partial charge in [0.15, 0.2) is 0 Å². The summed E-state index contributed by atoms with van der Waals surface area (Å²) >= 11 is 0. The molecule has 90 valence electrons. The molecule has 0 radical (unpaired) electrons. The standard InChI is InChI=1S/C12H25NO2/c1-6-14-8-10(13)9-7-11(2,3)15-12(9,4)5/h9-10H,6-8,13H2,1-5H3. The first-order valence-corrected chi connectivity index (χ1v) is 5.82. The Morgan fingerprint density at radius 2 is 2.00 bits per heavy atom. The molecule has 1 heterocycles. The first-order chi connectivity index (χ1) is 6.78. The fraction of sp³-hybridized carbons (Fsp3) is 1.00. The van der Waals surface area contributed by atoms with Crippen molar-refractivity contribution >= 4 is 0 Å². The fourth-order valence-electron chi connectivity index (χ4n) is 2.64. The van der Waals surface area contributed by atoms with Gasteiger partial charge in [0.1, 0.15) is 0 Å². The number of hydrogen-bond donors (Lipinski definition) is 1. The van der Waals surface area contributed by atoms with Crippen LogP contribution in [0.15, 0.2) is 0 Å². The van der Waals surface area contributed by atoms with Crippen LogP contribution in [0.2, 0.25) is 0 Å². The fourth-order valence-corrected chi connectivity index (χ4v) is 2.64. The lowest BCUT2D eigenvalue weighted by Crippen LogP contribution is -2.43. The van der Waals surface area contributed by atoms with Gasteiger partial charge in [-0.1, -0.05) is 0 Å². The Bertz CT molecular complexity index is 214. The van der Waals surface area contributed by atoms with Gasteiger partial charge in [0, 0.05) is 18.6 Å². The molecule has 1 aliphatic rings. The molecule has 3 nitrogen and oxygen atoms in total. The second-order valence-corrected chi connectivity index (χ2v) is 5.60. The molecule has 0 aromatic carbocycles. The van der Waals surface area contributed by atoms with Gasteiger partial charge in [0.05, 0.1) is 17.8 Å². The van der Waals surface area contributed by atoms with Crippen molar-refractivity contribution in [1.82, 2.24) is 0 Å². The highest BCUT2D eigenvalue weighted by Crippen LogP contribution is 2.43. The van der Waals surface area contributed by atoms with Crippen molar-refractivity contribution in [3.8, 4) is 0 Å². The zero-order valence-corrected chi connectivity index (χ0v) is 10.7. The van der Waals surface area contributed by atoms with Gasteiger partial charge >= 0.3 is 0 Å². The van der Waals surface area contributed by atoms with E-state index in [0.717, 1.165) is 13.0 Å². The lowest BCUT2D eigenvalue weighted by molar-refractivity contribution is -0.0787. The predicted molar refractivity (Wildman–Crippen MR) is 61.8 cm³/mol. The van der Waals surface area contributed by atoms with E-state index in [-0.39, 0.29) is 17.2 Å². The Balaban J connectivity index is 2.61. The van der Waals surface area contributed by atoms with Crippen LogP contribution in [0.25, 0.3) is 0 Å². The minimum Gasteiger partial charge on any atom is -0.380 e. The van der Waals surface area contributed by atoms with Gasteiger partial charge in [-0.2, -0.15) is 0 Å². The Morgan fingerprint density at radius 3 is 2.40 bits per heavy atom. The van der Waals surface area contributed by atoms with E-state index in [1.807, 2.05) is 6.92 Å². The van der Waals surface area contributed by atoms with Crippen LogP contribution < -0.4 is 5.73 Å². The summed E-state index contributed by atoms with van der Waals surface area (Å²) < 4.78 is 11.4. The molecule has 0 amide bonds. The van der Waals surface area contributed by atoms with Crippen molar-refractivity contribution in [2.45, 2.75) is 58.3 Å². The van der Waals surface area contributed by atoms with Crippen LogP contribution in [0.3, 0.4) is 0 Å². The molecule has 1 aliphatic heterocycles. The summed E-state index contributed by atoms with van der Waals surface area (Å²) in [6, 6.07) is 0.0710. The molecule has 1 fully saturated rings. The van der Waals surface area contributed by atoms with Crippen LogP contribution in [0.4, 0.5) is 0 Å². The maximum atomic E-state index is 6.16. The first kappa shape index (κ1) is 12.9. The minimum absolute atomic E-state index is 0.0575. The molecule has 2 unspecified atom stereocenters. The van der Waals surface area contributed by atoms with E-state index in [1.54, 1.807) is 0 Å². The summed E-state index contributed by atoms with van der Waals surface area (Å²) in [4.78, 5) is 0. The third-order valence-electron chi connectivity index (χ3n) is 3.18. The Kier molecular flexibility index (Phi) is 3.80. The van der Waals surface area contributed by atoms with E-state index >= 15 is 0 Å². The highest BCUT2D eigenvalue weighted by atomic mass is 16.5. The van der Waals surface area contributed by atoms with Crippen LogP contribution >= 0.6 is 0 Å². The van der Waals surface area contributed by atoms with Crippen LogP contribution in [-0.2, 0) is 9.47 Å². The molecule has 1 rings (SSSR count). The zero-order chi connectivity index (χ0) is 11.7. The van der Waals surface area contributed by atoms with E-state index in [2.05, 4.69) is 27.7 Å². The van der Waals surface area contributed by atoms with Crippen LogP contribution in [0, 0.1) is 5.92 Å². The molecule has 0 spiro atoms. The van der Waals surface area contributed by atoms with Gasteiger partial charge in [0.25, 0.3) is 0 Å². The Morgan fingerprint density at radius 1 is 1.40 bits per heavy atom. The average molecular weight is 215 g/mol. The molecule has 0 aliphatic carbocycles. The largest absolute Gasteiger partial charge is 0.380 e. The molecule has 2 atom stereocenters. The van der Waals surface area contributed by atoms with E-state index in [9.17, 15) is 0 Å². The minimum atomic E-state index is -0.139. The second-order valence-electron chi connectivity index (χ2n) is 5.60.